The predicted molar refractivity (Wildman–Crippen MR) is 118 cm³/mol. The molecule has 0 N–H and O–H groups in total. The minimum absolute atomic E-state index is 0.362. The summed E-state index contributed by atoms with van der Waals surface area (Å²) in [4.78, 5) is 16.2. The van der Waals surface area contributed by atoms with E-state index in [1.807, 2.05) is 12.3 Å². The van der Waals surface area contributed by atoms with Crippen molar-refractivity contribution in [3.63, 3.8) is 0 Å². The van der Waals surface area contributed by atoms with E-state index in [1.54, 1.807) is 18.2 Å². The van der Waals surface area contributed by atoms with Gasteiger partial charge in [-0.3, -0.25) is 4.99 Å². The highest BCUT2D eigenvalue weighted by Gasteiger charge is 2.10. The summed E-state index contributed by atoms with van der Waals surface area (Å²) in [5.74, 6) is -0.362. The number of rotatable bonds is 4. The Balaban J connectivity index is 1.94. The number of aromatic nitrogens is 1. The topological polar surface area (TPSA) is 43.6 Å². The average Bonchev–Trinajstić information content (AvgIpc) is 2.95. The molecule has 1 heterocycles. The summed E-state index contributed by atoms with van der Waals surface area (Å²) < 4.78 is 8.25. The van der Waals surface area contributed by atoms with Gasteiger partial charge in [-0.05, 0) is 91.4 Å². The minimum Gasteiger partial charge on any atom is -0.465 e. The van der Waals surface area contributed by atoms with Gasteiger partial charge in [-0.2, -0.15) is 0 Å². The maximum absolute atomic E-state index is 11.7. The molecule has 3 rings (SSSR count). The molecular weight excluding hydrogens is 451 g/mol. The second-order valence-corrected chi connectivity index (χ2v) is 7.56. The molecule has 0 spiro atoms. The van der Waals surface area contributed by atoms with E-state index in [9.17, 15) is 4.79 Å². The minimum atomic E-state index is -0.362. The van der Waals surface area contributed by atoms with Gasteiger partial charge in [0.25, 0.3) is 0 Å². The zero-order chi connectivity index (χ0) is 19.6. The summed E-state index contributed by atoms with van der Waals surface area (Å²) in [5, 5.41) is 0. The van der Waals surface area contributed by atoms with Gasteiger partial charge in [0, 0.05) is 32.4 Å². The van der Waals surface area contributed by atoms with Crippen molar-refractivity contribution >= 4 is 40.5 Å². The third-order valence-electron chi connectivity index (χ3n) is 4.49. The number of ether oxygens (including phenoxy) is 1. The molecule has 0 aliphatic carbocycles. The highest BCUT2D eigenvalue weighted by Crippen LogP contribution is 2.23. The van der Waals surface area contributed by atoms with Crippen molar-refractivity contribution in [3.8, 4) is 5.69 Å². The largest absolute Gasteiger partial charge is 0.465 e. The first kappa shape index (κ1) is 19.4. The number of halogens is 1. The molecule has 0 amide bonds. The first-order chi connectivity index (χ1) is 12.9. The summed E-state index contributed by atoms with van der Waals surface area (Å²) in [6.07, 6.45) is 1.84. The van der Waals surface area contributed by atoms with Crippen LogP contribution in [0.2, 0.25) is 0 Å². The zero-order valence-electron chi connectivity index (χ0n) is 15.8. The zero-order valence-corrected chi connectivity index (χ0v) is 17.9. The molecule has 3 aromatic rings. The van der Waals surface area contributed by atoms with Crippen LogP contribution in [0.25, 0.3) is 5.69 Å². The predicted octanol–water partition coefficient (Wildman–Crippen LogP) is 5.54. The van der Waals surface area contributed by atoms with Crippen LogP contribution in [0, 0.1) is 24.3 Å². The van der Waals surface area contributed by atoms with Gasteiger partial charge in [0.2, 0.25) is 0 Å². The van der Waals surface area contributed by atoms with Crippen molar-refractivity contribution in [2.75, 3.05) is 7.11 Å². The Labute approximate surface area is 173 Å². The third kappa shape index (κ3) is 4.13. The number of hydrogen-bond acceptors (Lipinski definition) is 3. The second kappa shape index (κ2) is 8.08. The Morgan fingerprint density at radius 1 is 1.11 bits per heavy atom. The number of aliphatic imine (C=N–C) groups is 1. The lowest BCUT2D eigenvalue weighted by molar-refractivity contribution is 0.0601. The van der Waals surface area contributed by atoms with E-state index in [1.165, 1.54) is 16.2 Å². The highest BCUT2D eigenvalue weighted by molar-refractivity contribution is 14.1. The number of methoxy groups -OCH3 is 1. The Morgan fingerprint density at radius 2 is 1.89 bits per heavy atom. The molecule has 5 heteroatoms. The molecule has 0 aliphatic rings. The van der Waals surface area contributed by atoms with Crippen LogP contribution in [0.5, 0.6) is 0 Å². The van der Waals surface area contributed by atoms with Crippen LogP contribution in [-0.2, 0) is 4.74 Å². The van der Waals surface area contributed by atoms with E-state index in [0.717, 1.165) is 22.6 Å². The Kier molecular flexibility index (Phi) is 5.79. The summed E-state index contributed by atoms with van der Waals surface area (Å²) >= 11 is 2.35. The summed E-state index contributed by atoms with van der Waals surface area (Å²) in [6, 6.07) is 15.7. The second-order valence-electron chi connectivity index (χ2n) is 6.40. The van der Waals surface area contributed by atoms with Gasteiger partial charge in [-0.1, -0.05) is 6.07 Å². The van der Waals surface area contributed by atoms with Gasteiger partial charge in [0.1, 0.15) is 0 Å². The van der Waals surface area contributed by atoms with Crippen LogP contribution in [0.3, 0.4) is 0 Å². The lowest BCUT2D eigenvalue weighted by Crippen LogP contribution is -2.00. The number of carbonyl (C=O) groups excluding carboxylic acids is 1. The molecule has 4 nitrogen and oxygen atoms in total. The fourth-order valence-electron chi connectivity index (χ4n) is 3.06. The molecule has 0 saturated carbocycles. The summed E-state index contributed by atoms with van der Waals surface area (Å²) in [6.45, 7) is 6.30. The summed E-state index contributed by atoms with van der Waals surface area (Å²) in [7, 11) is 1.37. The van der Waals surface area contributed by atoms with Crippen molar-refractivity contribution in [1.29, 1.82) is 0 Å². The van der Waals surface area contributed by atoms with Crippen LogP contribution < -0.4 is 0 Å². The SMILES string of the molecule is COC(=O)c1cccc(N=Cc2cc(C)n(-c3ccc(I)c(C)c3)c2C)c1. The molecule has 0 aliphatic heterocycles. The Hall–Kier alpha value is -2.41. The molecule has 2 aromatic carbocycles. The number of benzene rings is 2. The van der Waals surface area contributed by atoms with Crippen LogP contribution in [-0.4, -0.2) is 23.9 Å². The molecule has 0 radical (unpaired) electrons. The van der Waals surface area contributed by atoms with Crippen LogP contribution in [0.4, 0.5) is 5.69 Å². The maximum atomic E-state index is 11.7. The van der Waals surface area contributed by atoms with Gasteiger partial charge in [0.05, 0.1) is 18.4 Å². The molecular formula is C22H21IN2O2. The summed E-state index contributed by atoms with van der Waals surface area (Å²) in [5.41, 5.74) is 6.94. The van der Waals surface area contributed by atoms with E-state index in [0.29, 0.717) is 11.3 Å². The van der Waals surface area contributed by atoms with Crippen LogP contribution >= 0.6 is 22.6 Å². The average molecular weight is 472 g/mol. The van der Waals surface area contributed by atoms with Crippen molar-refractivity contribution in [2.24, 2.45) is 4.99 Å². The van der Waals surface area contributed by atoms with Crippen molar-refractivity contribution in [1.82, 2.24) is 4.57 Å². The van der Waals surface area contributed by atoms with E-state index in [4.69, 9.17) is 4.74 Å². The lowest BCUT2D eigenvalue weighted by Gasteiger charge is -2.11. The Morgan fingerprint density at radius 3 is 2.59 bits per heavy atom. The van der Waals surface area contributed by atoms with E-state index < -0.39 is 0 Å². The quantitative estimate of drug-likeness (QED) is 0.284. The number of hydrogen-bond donors (Lipinski definition) is 0. The third-order valence-corrected chi connectivity index (χ3v) is 5.70. The van der Waals surface area contributed by atoms with Gasteiger partial charge in [-0.15, -0.1) is 0 Å². The van der Waals surface area contributed by atoms with E-state index >= 15 is 0 Å². The standard InChI is InChI=1S/C22H21IN2O2/c1-14-10-20(8-9-21(14)23)25-15(2)11-18(16(25)3)13-24-19-7-5-6-17(12-19)22(26)27-4/h5-13H,1-4H3. The smallest absolute Gasteiger partial charge is 0.337 e. The molecule has 0 bridgehead atoms. The van der Waals surface area contributed by atoms with Crippen LogP contribution in [0.1, 0.15) is 32.9 Å². The molecule has 0 fully saturated rings. The maximum Gasteiger partial charge on any atom is 0.337 e. The van der Waals surface area contributed by atoms with Crippen molar-refractivity contribution in [3.05, 3.63) is 80.2 Å². The first-order valence-corrected chi connectivity index (χ1v) is 9.66. The number of esters is 1. The number of aryl methyl sites for hydroxylation is 2. The van der Waals surface area contributed by atoms with E-state index in [2.05, 4.69) is 77.2 Å². The molecule has 0 unspecified atom stereocenters. The number of nitrogens with zero attached hydrogens (tertiary/aromatic N) is 2. The normalized spacial score (nSPS) is 11.1. The van der Waals surface area contributed by atoms with Gasteiger partial charge >= 0.3 is 5.97 Å². The number of carbonyl (C=O) groups is 1. The first-order valence-electron chi connectivity index (χ1n) is 8.58. The van der Waals surface area contributed by atoms with Crippen molar-refractivity contribution in [2.45, 2.75) is 20.8 Å². The molecule has 1 aromatic heterocycles. The monoisotopic (exact) mass is 472 g/mol. The van der Waals surface area contributed by atoms with E-state index in [-0.39, 0.29) is 5.97 Å². The highest BCUT2D eigenvalue weighted by atomic mass is 127. The van der Waals surface area contributed by atoms with Crippen molar-refractivity contribution < 1.29 is 9.53 Å². The van der Waals surface area contributed by atoms with Crippen LogP contribution in [0.15, 0.2) is 53.5 Å². The van der Waals surface area contributed by atoms with Gasteiger partial charge in [-0.25, -0.2) is 4.79 Å². The van der Waals surface area contributed by atoms with Gasteiger partial charge < -0.3 is 9.30 Å². The fraction of sp³-hybridized carbons (Fsp3) is 0.182. The molecule has 0 atom stereocenters. The molecule has 0 saturated heterocycles. The van der Waals surface area contributed by atoms with Gasteiger partial charge in [0.15, 0.2) is 0 Å². The Bertz CT molecular complexity index is 1030. The molecule has 27 heavy (non-hydrogen) atoms. The fourth-order valence-corrected chi connectivity index (χ4v) is 3.39. The molecule has 138 valence electrons. The lowest BCUT2D eigenvalue weighted by atomic mass is 10.2.